The van der Waals surface area contributed by atoms with Crippen LogP contribution in [-0.2, 0) is 7.05 Å². The molecule has 3 nitrogen and oxygen atoms in total. The molecular formula is C4H6BF3KN3S. The average molecular weight is 235 g/mol. The molecule has 13 heavy (non-hydrogen) atoms. The van der Waals surface area contributed by atoms with E-state index in [4.69, 9.17) is 0 Å². The molecule has 68 valence electrons. The van der Waals surface area contributed by atoms with E-state index >= 15 is 0 Å². The van der Waals surface area contributed by atoms with Gasteiger partial charge >= 0.3 is 58.4 Å². The molecule has 0 aliphatic heterocycles. The third-order valence-corrected chi connectivity index (χ3v) is 2.24. The van der Waals surface area contributed by atoms with Crippen LogP contribution >= 0.6 is 11.8 Å². The Morgan fingerprint density at radius 3 is 2.54 bits per heavy atom. The van der Waals surface area contributed by atoms with Crippen molar-refractivity contribution in [1.29, 1.82) is 0 Å². The van der Waals surface area contributed by atoms with Gasteiger partial charge in [-0.1, -0.05) is 0 Å². The Balaban J connectivity index is 0.00000144. The van der Waals surface area contributed by atoms with E-state index in [0.29, 0.717) is 11.8 Å². The Labute approximate surface area is 120 Å². The van der Waals surface area contributed by atoms with Gasteiger partial charge in [0.15, 0.2) is 5.16 Å². The Kier molecular flexibility index (Phi) is 6.20. The molecule has 0 unspecified atom stereocenters. The molecule has 0 atom stereocenters. The van der Waals surface area contributed by atoms with E-state index in [1.807, 2.05) is 0 Å². The minimum Gasteiger partial charge on any atom is -0.448 e. The summed E-state index contributed by atoms with van der Waals surface area (Å²) in [6, 6.07) is 0. The molecule has 1 heterocycles. The van der Waals surface area contributed by atoms with Crippen molar-refractivity contribution in [3.8, 4) is 0 Å². The second-order valence-corrected chi connectivity index (χ2v) is 3.17. The van der Waals surface area contributed by atoms with E-state index in [0.717, 1.165) is 0 Å². The van der Waals surface area contributed by atoms with E-state index in [-0.39, 0.29) is 56.5 Å². The second-order valence-electron chi connectivity index (χ2n) is 2.19. The molecule has 0 saturated carbocycles. The zero-order valence-corrected chi connectivity index (χ0v) is 11.2. The predicted molar refractivity (Wildman–Crippen MR) is 40.8 cm³/mol. The maximum absolute atomic E-state index is 11.8. The summed E-state index contributed by atoms with van der Waals surface area (Å²) in [5.74, 6) is 0. The molecule has 1 rings (SSSR count). The molecule has 0 spiro atoms. The van der Waals surface area contributed by atoms with E-state index < -0.39 is 12.6 Å². The minimum atomic E-state index is -4.74. The summed E-state index contributed by atoms with van der Waals surface area (Å²) in [5, 5.41) is 3.93. The molecule has 0 saturated heterocycles. The van der Waals surface area contributed by atoms with Crippen LogP contribution in [0.25, 0.3) is 0 Å². The van der Waals surface area contributed by atoms with Crippen molar-refractivity contribution in [2.45, 2.75) is 5.16 Å². The molecule has 1 aromatic rings. The van der Waals surface area contributed by atoms with Gasteiger partial charge in [-0.2, -0.15) is 5.10 Å². The first-order valence-corrected chi connectivity index (χ1v) is 4.15. The SMILES string of the molecule is Cn1ncnc1SC[B-](F)(F)F.[K+]. The fourth-order valence-corrected chi connectivity index (χ4v) is 1.28. The zero-order valence-electron chi connectivity index (χ0n) is 7.25. The van der Waals surface area contributed by atoms with Crippen LogP contribution in [0.3, 0.4) is 0 Å². The van der Waals surface area contributed by atoms with Crippen LogP contribution < -0.4 is 51.4 Å². The number of hydrogen-bond donors (Lipinski definition) is 0. The molecule has 0 radical (unpaired) electrons. The first-order valence-electron chi connectivity index (χ1n) is 3.17. The third-order valence-electron chi connectivity index (χ3n) is 1.07. The smallest absolute Gasteiger partial charge is 0.448 e. The molecule has 0 amide bonds. The quantitative estimate of drug-likeness (QED) is 0.462. The molecule has 0 aliphatic rings. The molecule has 1 aromatic heterocycles. The molecular weight excluding hydrogens is 229 g/mol. The average Bonchev–Trinajstić information content (AvgIpc) is 2.29. The Bertz CT molecular complexity index is 265. The number of aromatic nitrogens is 3. The van der Waals surface area contributed by atoms with Crippen LogP contribution in [0, 0.1) is 0 Å². The summed E-state index contributed by atoms with van der Waals surface area (Å²) < 4.78 is 36.6. The number of thioether (sulfide) groups is 1. The van der Waals surface area contributed by atoms with Gasteiger partial charge in [0.2, 0.25) is 0 Å². The Morgan fingerprint density at radius 1 is 1.54 bits per heavy atom. The van der Waals surface area contributed by atoms with Crippen LogP contribution in [0.5, 0.6) is 0 Å². The van der Waals surface area contributed by atoms with Crippen molar-refractivity contribution in [2.75, 3.05) is 5.65 Å². The van der Waals surface area contributed by atoms with Gasteiger partial charge in [-0.25, -0.2) is 9.67 Å². The number of aryl methyl sites for hydroxylation is 1. The number of rotatable bonds is 3. The van der Waals surface area contributed by atoms with Gasteiger partial charge in [-0.3, -0.25) is 0 Å². The van der Waals surface area contributed by atoms with Gasteiger partial charge in [0.05, 0.1) is 0 Å². The minimum absolute atomic E-state index is 0. The van der Waals surface area contributed by atoms with E-state index in [9.17, 15) is 12.9 Å². The summed E-state index contributed by atoms with van der Waals surface area (Å²) in [6.07, 6.45) is 1.23. The van der Waals surface area contributed by atoms with Crippen LogP contribution in [-0.4, -0.2) is 27.4 Å². The van der Waals surface area contributed by atoms with Gasteiger partial charge in [0.1, 0.15) is 6.33 Å². The molecule has 0 aromatic carbocycles. The first-order chi connectivity index (χ1) is 5.49. The van der Waals surface area contributed by atoms with E-state index in [1.54, 1.807) is 7.05 Å². The molecule has 9 heteroatoms. The standard InChI is InChI=1S/C4H6BF3N3S.K/c1-11-4(9-3-10-11)12-2-5(6,7)8;/h3H,2H2,1H3;/q-1;+1. The van der Waals surface area contributed by atoms with Crippen molar-refractivity contribution in [1.82, 2.24) is 14.8 Å². The second kappa shape index (κ2) is 5.76. The van der Waals surface area contributed by atoms with Gasteiger partial charge in [-0.05, 0) is 5.65 Å². The number of nitrogens with zero attached hydrogens (tertiary/aromatic N) is 3. The van der Waals surface area contributed by atoms with Gasteiger partial charge in [0.25, 0.3) is 0 Å². The Morgan fingerprint density at radius 2 is 2.15 bits per heavy atom. The van der Waals surface area contributed by atoms with Crippen LogP contribution in [0.1, 0.15) is 0 Å². The predicted octanol–water partition coefficient (Wildman–Crippen LogP) is -1.70. The first kappa shape index (κ1) is 14.0. The maximum atomic E-state index is 11.8. The van der Waals surface area contributed by atoms with Crippen LogP contribution in [0.15, 0.2) is 11.5 Å². The summed E-state index contributed by atoms with van der Waals surface area (Å²) in [4.78, 5) is 3.64. The maximum Gasteiger partial charge on any atom is 1.00 e. The number of halogens is 3. The summed E-state index contributed by atoms with van der Waals surface area (Å²) in [5.41, 5.74) is -0.869. The van der Waals surface area contributed by atoms with Crippen molar-refractivity contribution < 1.29 is 64.3 Å². The van der Waals surface area contributed by atoms with Crippen molar-refractivity contribution in [3.05, 3.63) is 6.33 Å². The van der Waals surface area contributed by atoms with E-state index in [1.165, 1.54) is 11.0 Å². The largest absolute Gasteiger partial charge is 1.00 e. The van der Waals surface area contributed by atoms with Crippen molar-refractivity contribution in [2.24, 2.45) is 7.05 Å². The summed E-state index contributed by atoms with van der Waals surface area (Å²) >= 11 is 0.653. The zero-order chi connectivity index (χ0) is 9.19. The van der Waals surface area contributed by atoms with Crippen molar-refractivity contribution in [3.63, 3.8) is 0 Å². The van der Waals surface area contributed by atoms with Gasteiger partial charge in [0, 0.05) is 7.05 Å². The van der Waals surface area contributed by atoms with E-state index in [2.05, 4.69) is 10.1 Å². The Hall–Kier alpha value is 0.981. The molecule has 0 bridgehead atoms. The normalized spacial score (nSPS) is 11.1. The summed E-state index contributed by atoms with van der Waals surface area (Å²) in [7, 11) is 1.55. The summed E-state index contributed by atoms with van der Waals surface area (Å²) in [6.45, 7) is -4.74. The fraction of sp³-hybridized carbons (Fsp3) is 0.500. The van der Waals surface area contributed by atoms with Gasteiger partial charge in [-0.15, -0.1) is 11.8 Å². The topological polar surface area (TPSA) is 30.7 Å². The van der Waals surface area contributed by atoms with Crippen LogP contribution in [0.4, 0.5) is 12.9 Å². The third kappa shape index (κ3) is 5.43. The molecule has 0 fully saturated rings. The molecule has 0 aliphatic carbocycles. The van der Waals surface area contributed by atoms with Crippen LogP contribution in [0.2, 0.25) is 0 Å². The monoisotopic (exact) mass is 235 g/mol. The van der Waals surface area contributed by atoms with Gasteiger partial charge < -0.3 is 12.9 Å². The number of hydrogen-bond acceptors (Lipinski definition) is 3. The van der Waals surface area contributed by atoms with Crippen molar-refractivity contribution >= 4 is 18.7 Å². The fourth-order valence-electron chi connectivity index (χ4n) is 0.585. The molecule has 0 N–H and O–H groups in total.